The molecule has 2 rings (SSSR count). The van der Waals surface area contributed by atoms with Crippen LogP contribution in [0.25, 0.3) is 10.8 Å². The molecule has 1 heteroatoms. The van der Waals surface area contributed by atoms with Gasteiger partial charge in [-0.1, -0.05) is 50.2 Å². The molecule has 0 aromatic heterocycles. The van der Waals surface area contributed by atoms with Crippen LogP contribution in [-0.2, 0) is 6.42 Å². The van der Waals surface area contributed by atoms with Gasteiger partial charge in [0, 0.05) is 0 Å². The van der Waals surface area contributed by atoms with E-state index >= 15 is 0 Å². The molecule has 0 heterocycles. The van der Waals surface area contributed by atoms with Crippen molar-refractivity contribution in [3.05, 3.63) is 47.5 Å². The summed E-state index contributed by atoms with van der Waals surface area (Å²) in [7, 11) is 0. The van der Waals surface area contributed by atoms with Gasteiger partial charge in [0.2, 0.25) is 0 Å². The normalized spacial score (nSPS) is 11.2. The Morgan fingerprint density at radius 3 is 2.38 bits per heavy atom. The molecule has 2 N–H and O–H groups in total. The summed E-state index contributed by atoms with van der Waals surface area (Å²) in [6.45, 7) is 5.19. The van der Waals surface area contributed by atoms with Crippen LogP contribution >= 0.6 is 0 Å². The zero-order valence-electron chi connectivity index (χ0n) is 10.0. The lowest BCUT2D eigenvalue weighted by Gasteiger charge is -2.12. The average molecular weight is 213 g/mol. The van der Waals surface area contributed by atoms with Crippen LogP contribution in [-0.4, -0.2) is 6.54 Å². The fraction of sp³-hybridized carbons (Fsp3) is 0.333. The van der Waals surface area contributed by atoms with E-state index < -0.39 is 0 Å². The molecule has 0 radical (unpaired) electrons. The highest BCUT2D eigenvalue weighted by Gasteiger charge is 2.06. The molecule has 84 valence electrons. The van der Waals surface area contributed by atoms with Crippen LogP contribution in [0.5, 0.6) is 0 Å². The van der Waals surface area contributed by atoms with Gasteiger partial charge in [-0.2, -0.15) is 0 Å². The van der Waals surface area contributed by atoms with Crippen molar-refractivity contribution < 1.29 is 0 Å². The van der Waals surface area contributed by atoms with Gasteiger partial charge in [0.15, 0.2) is 0 Å². The highest BCUT2D eigenvalue weighted by molar-refractivity contribution is 5.89. The second-order valence-electron chi connectivity index (χ2n) is 4.55. The quantitative estimate of drug-likeness (QED) is 0.830. The van der Waals surface area contributed by atoms with Crippen LogP contribution in [0, 0.1) is 0 Å². The summed E-state index contributed by atoms with van der Waals surface area (Å²) in [5.41, 5.74) is 8.44. The zero-order chi connectivity index (χ0) is 11.5. The number of hydrogen-bond donors (Lipinski definition) is 1. The molecule has 0 aliphatic rings. The molecular formula is C15H19N. The molecule has 1 nitrogen and oxygen atoms in total. The van der Waals surface area contributed by atoms with Crippen LogP contribution in [0.2, 0.25) is 0 Å². The van der Waals surface area contributed by atoms with E-state index in [0.717, 1.165) is 6.42 Å². The maximum absolute atomic E-state index is 5.65. The fourth-order valence-electron chi connectivity index (χ4n) is 2.28. The van der Waals surface area contributed by atoms with Gasteiger partial charge in [0.05, 0.1) is 0 Å². The first-order valence-electron chi connectivity index (χ1n) is 5.94. The minimum Gasteiger partial charge on any atom is -0.330 e. The number of benzene rings is 2. The lowest BCUT2D eigenvalue weighted by molar-refractivity contribution is 0.876. The maximum Gasteiger partial charge on any atom is -0.00365 e. The Morgan fingerprint density at radius 2 is 1.69 bits per heavy atom. The van der Waals surface area contributed by atoms with Crippen molar-refractivity contribution in [2.45, 2.75) is 26.2 Å². The van der Waals surface area contributed by atoms with Crippen molar-refractivity contribution in [1.82, 2.24) is 0 Å². The van der Waals surface area contributed by atoms with E-state index in [2.05, 4.69) is 50.2 Å². The van der Waals surface area contributed by atoms with Gasteiger partial charge < -0.3 is 5.73 Å². The van der Waals surface area contributed by atoms with Crippen molar-refractivity contribution in [1.29, 1.82) is 0 Å². The van der Waals surface area contributed by atoms with Crippen molar-refractivity contribution >= 4 is 10.8 Å². The third kappa shape index (κ3) is 1.96. The number of rotatable bonds is 3. The average Bonchev–Trinajstić information content (AvgIpc) is 2.29. The van der Waals surface area contributed by atoms with E-state index in [0.29, 0.717) is 12.5 Å². The van der Waals surface area contributed by atoms with E-state index in [9.17, 15) is 0 Å². The van der Waals surface area contributed by atoms with E-state index in [1.165, 1.54) is 21.9 Å². The van der Waals surface area contributed by atoms with E-state index in [1.54, 1.807) is 0 Å². The lowest BCUT2D eigenvalue weighted by Crippen LogP contribution is -2.03. The minimum atomic E-state index is 0.567. The predicted octanol–water partition coefficient (Wildman–Crippen LogP) is 3.46. The molecule has 2 aromatic carbocycles. The second kappa shape index (κ2) is 4.67. The molecule has 0 saturated carbocycles. The fourth-order valence-corrected chi connectivity index (χ4v) is 2.28. The third-order valence-electron chi connectivity index (χ3n) is 3.08. The minimum absolute atomic E-state index is 0.567. The Kier molecular flexibility index (Phi) is 3.25. The first kappa shape index (κ1) is 11.2. The van der Waals surface area contributed by atoms with Gasteiger partial charge in [-0.05, 0) is 40.8 Å². The van der Waals surface area contributed by atoms with Crippen LogP contribution in [0.3, 0.4) is 0 Å². The molecule has 16 heavy (non-hydrogen) atoms. The highest BCUT2D eigenvalue weighted by Crippen LogP contribution is 2.27. The van der Waals surface area contributed by atoms with Crippen LogP contribution < -0.4 is 5.73 Å². The van der Waals surface area contributed by atoms with Gasteiger partial charge >= 0.3 is 0 Å². The third-order valence-corrected chi connectivity index (χ3v) is 3.08. The molecule has 0 unspecified atom stereocenters. The molecular weight excluding hydrogens is 194 g/mol. The number of hydrogen-bond acceptors (Lipinski definition) is 1. The molecule has 0 aliphatic heterocycles. The van der Waals surface area contributed by atoms with Crippen LogP contribution in [0.15, 0.2) is 36.4 Å². The molecule has 0 aliphatic carbocycles. The first-order valence-corrected chi connectivity index (χ1v) is 5.94. The summed E-state index contributed by atoms with van der Waals surface area (Å²) >= 11 is 0. The van der Waals surface area contributed by atoms with E-state index in [-0.39, 0.29) is 0 Å². The maximum atomic E-state index is 5.65. The monoisotopic (exact) mass is 213 g/mol. The highest BCUT2D eigenvalue weighted by atomic mass is 14.5. The van der Waals surface area contributed by atoms with Crippen molar-refractivity contribution in [2.75, 3.05) is 6.54 Å². The summed E-state index contributed by atoms with van der Waals surface area (Å²) < 4.78 is 0. The Balaban J connectivity index is 2.66. The van der Waals surface area contributed by atoms with Crippen molar-refractivity contribution in [2.24, 2.45) is 5.73 Å². The molecule has 0 fully saturated rings. The Morgan fingerprint density at radius 1 is 1.00 bits per heavy atom. The van der Waals surface area contributed by atoms with Gasteiger partial charge in [-0.25, -0.2) is 0 Å². The zero-order valence-corrected chi connectivity index (χ0v) is 10.0. The van der Waals surface area contributed by atoms with Crippen LogP contribution in [0.1, 0.15) is 30.9 Å². The second-order valence-corrected chi connectivity index (χ2v) is 4.55. The summed E-state index contributed by atoms with van der Waals surface area (Å²) in [5.74, 6) is 0.567. The molecule has 0 bridgehead atoms. The Labute approximate surface area is 97.3 Å². The summed E-state index contributed by atoms with van der Waals surface area (Å²) in [4.78, 5) is 0. The van der Waals surface area contributed by atoms with Crippen LogP contribution in [0.4, 0.5) is 0 Å². The number of nitrogens with two attached hydrogens (primary N) is 1. The summed E-state index contributed by atoms with van der Waals surface area (Å²) in [6, 6.07) is 13.1. The molecule has 0 spiro atoms. The topological polar surface area (TPSA) is 26.0 Å². The SMILES string of the molecule is CC(C)c1cccc2c(CCN)cccc12. The Bertz CT molecular complexity index is 486. The van der Waals surface area contributed by atoms with Crippen molar-refractivity contribution in [3.8, 4) is 0 Å². The molecule has 2 aromatic rings. The summed E-state index contributed by atoms with van der Waals surface area (Å²) in [5, 5.41) is 2.74. The number of fused-ring (bicyclic) bond motifs is 1. The van der Waals surface area contributed by atoms with Gasteiger partial charge in [0.1, 0.15) is 0 Å². The standard InChI is InChI=1S/C15H19N/c1-11(2)13-6-4-7-14-12(9-10-16)5-3-8-15(13)14/h3-8,11H,9-10,16H2,1-2H3. The largest absolute Gasteiger partial charge is 0.330 e. The predicted molar refractivity (Wildman–Crippen MR) is 70.8 cm³/mol. The van der Waals surface area contributed by atoms with Crippen molar-refractivity contribution in [3.63, 3.8) is 0 Å². The molecule has 0 atom stereocenters. The summed E-state index contributed by atoms with van der Waals surface area (Å²) in [6.07, 6.45) is 0.957. The molecule has 0 amide bonds. The smallest absolute Gasteiger partial charge is 0.00365 e. The van der Waals surface area contributed by atoms with E-state index in [1.807, 2.05) is 0 Å². The lowest BCUT2D eigenvalue weighted by atomic mass is 9.93. The Hall–Kier alpha value is -1.34. The van der Waals surface area contributed by atoms with Gasteiger partial charge in [-0.15, -0.1) is 0 Å². The first-order chi connectivity index (χ1) is 7.74. The van der Waals surface area contributed by atoms with Gasteiger partial charge in [0.25, 0.3) is 0 Å². The van der Waals surface area contributed by atoms with Gasteiger partial charge in [-0.3, -0.25) is 0 Å². The molecule has 0 saturated heterocycles. The van der Waals surface area contributed by atoms with E-state index in [4.69, 9.17) is 5.73 Å².